The van der Waals surface area contributed by atoms with Crippen LogP contribution in [0.4, 0.5) is 0 Å². The molecule has 0 amide bonds. The molecule has 14 atom stereocenters. The SMILES string of the molecule is CC=C(C)C(=O)OCC1C2=C(CC3C4C5=C(C(=O)C(C)=C(OC)C5=O)C(OC5CCC6(C)C(=CCC7C6CCC6(C)C(C(C)CCCC(C)C)CCC76)C5)C(C(C#N)N13)N4C)C(=O)C(C)=C(OC)C2=O. The van der Waals surface area contributed by atoms with E-state index in [4.69, 9.17) is 18.9 Å². The van der Waals surface area contributed by atoms with Crippen molar-refractivity contribution in [2.75, 3.05) is 27.9 Å². The van der Waals surface area contributed by atoms with Gasteiger partial charge in [0.25, 0.3) is 0 Å². The summed E-state index contributed by atoms with van der Waals surface area (Å²) in [7, 11) is 4.59. The molecule has 0 radical (unpaired) electrons. The number of carbonyl (C=O) groups excluding carboxylic acids is 5. The van der Waals surface area contributed by atoms with Crippen molar-refractivity contribution in [1.29, 1.82) is 5.26 Å². The Morgan fingerprint density at radius 2 is 1.57 bits per heavy atom. The second-order valence-electron chi connectivity index (χ2n) is 23.5. The minimum atomic E-state index is -1.06. The topological polar surface area (TPSA) is 153 Å². The molecule has 4 fully saturated rings. The average molecular weight is 960 g/mol. The number of rotatable bonds is 12. The van der Waals surface area contributed by atoms with Crippen molar-refractivity contribution in [2.45, 2.75) is 182 Å². The normalized spacial score (nSPS) is 38.1. The highest BCUT2D eigenvalue weighted by molar-refractivity contribution is 6.26. The van der Waals surface area contributed by atoms with Gasteiger partial charge < -0.3 is 18.9 Å². The first kappa shape index (κ1) is 50.5. The van der Waals surface area contributed by atoms with Crippen molar-refractivity contribution in [2.24, 2.45) is 46.3 Å². The van der Waals surface area contributed by atoms with Gasteiger partial charge >= 0.3 is 5.97 Å². The second kappa shape index (κ2) is 18.9. The van der Waals surface area contributed by atoms with Crippen molar-refractivity contribution in [3.8, 4) is 6.07 Å². The molecule has 0 aromatic heterocycles. The Balaban J connectivity index is 1.06. The summed E-state index contributed by atoms with van der Waals surface area (Å²) in [6, 6.07) is -1.90. The molecule has 0 spiro atoms. The van der Waals surface area contributed by atoms with E-state index in [0.717, 1.165) is 42.9 Å². The Kier molecular flexibility index (Phi) is 13.6. The van der Waals surface area contributed by atoms with Crippen LogP contribution in [-0.2, 0) is 42.9 Å². The molecule has 12 heteroatoms. The first-order valence-electron chi connectivity index (χ1n) is 26.5. The third kappa shape index (κ3) is 7.63. The van der Waals surface area contributed by atoms with Crippen LogP contribution in [0.1, 0.15) is 139 Å². The number of Topliss-reactive ketones (excluding diaryl/α,β-unsaturated/α-hetero) is 4. The fraction of sp³-hybridized carbons (Fsp3) is 0.690. The van der Waals surface area contributed by atoms with Crippen LogP contribution in [0.3, 0.4) is 0 Å². The van der Waals surface area contributed by atoms with Crippen LogP contribution < -0.4 is 0 Å². The molecule has 6 aliphatic carbocycles. The number of piperazine rings is 1. The highest BCUT2D eigenvalue weighted by Gasteiger charge is 2.64. The van der Waals surface area contributed by atoms with Crippen molar-refractivity contribution in [3.05, 3.63) is 68.3 Å². The monoisotopic (exact) mass is 960 g/mol. The van der Waals surface area contributed by atoms with E-state index in [1.54, 1.807) is 33.8 Å². The summed E-state index contributed by atoms with van der Waals surface area (Å²) in [4.78, 5) is 75.9. The Morgan fingerprint density at radius 1 is 0.886 bits per heavy atom. The molecular formula is C58H77N3O9. The highest BCUT2D eigenvalue weighted by atomic mass is 16.5. The Bertz CT molecular complexity index is 2500. The molecule has 3 heterocycles. The largest absolute Gasteiger partial charge is 0.492 e. The van der Waals surface area contributed by atoms with Crippen LogP contribution in [0.2, 0.25) is 0 Å². The molecular weight excluding hydrogens is 883 g/mol. The average Bonchev–Trinajstić information content (AvgIpc) is 3.69. The number of fused-ring (bicyclic) bond motifs is 10. The van der Waals surface area contributed by atoms with Gasteiger partial charge in [0.05, 0.1) is 44.5 Å². The van der Waals surface area contributed by atoms with E-state index in [-0.39, 0.29) is 81.1 Å². The van der Waals surface area contributed by atoms with Gasteiger partial charge in [-0.2, -0.15) is 5.26 Å². The number of esters is 1. The van der Waals surface area contributed by atoms with E-state index in [0.29, 0.717) is 29.2 Å². The van der Waals surface area contributed by atoms with Gasteiger partial charge in [-0.25, -0.2) is 4.79 Å². The third-order valence-electron chi connectivity index (χ3n) is 20.0. The number of methoxy groups -OCH3 is 2. The van der Waals surface area contributed by atoms with Gasteiger partial charge in [-0.1, -0.05) is 71.6 Å². The zero-order chi connectivity index (χ0) is 50.5. The molecule has 70 heavy (non-hydrogen) atoms. The van der Waals surface area contributed by atoms with Crippen LogP contribution >= 0.6 is 0 Å². The van der Waals surface area contributed by atoms with E-state index >= 15 is 0 Å². The number of nitrogens with zero attached hydrogens (tertiary/aromatic N) is 3. The van der Waals surface area contributed by atoms with Crippen molar-refractivity contribution in [1.82, 2.24) is 9.80 Å². The summed E-state index contributed by atoms with van der Waals surface area (Å²) in [5, 5.41) is 11.5. The predicted octanol–water partition coefficient (Wildman–Crippen LogP) is 9.06. The molecule has 2 bridgehead atoms. The van der Waals surface area contributed by atoms with Crippen LogP contribution in [0.5, 0.6) is 0 Å². The third-order valence-corrected chi connectivity index (χ3v) is 20.0. The summed E-state index contributed by atoms with van der Waals surface area (Å²) < 4.78 is 24.5. The molecule has 0 N–H and O–H groups in total. The highest BCUT2D eigenvalue weighted by Crippen LogP contribution is 2.67. The number of carbonyl (C=O) groups is 5. The molecule has 378 valence electrons. The standard InChI is InChI=1S/C58H77N3O9/c1-13-30(4)56(66)69-28-43-44-37(49(62)32(6)53(67-11)51(44)64)26-41-47-45-46(50(63)33(7)54(68-12)52(45)65)55(48(60(47)10)42(27-59)61(41)43)70-35-21-23-57(8)34(25-35)17-18-36-39-20-19-38(31(5)16-14-15-29(2)3)58(39,9)24-22-40(36)57/h13,17,29,31,35-36,38-43,47-48,55H,14-16,18-26,28H2,1-12H3. The zero-order valence-corrected chi connectivity index (χ0v) is 43.9. The second-order valence-corrected chi connectivity index (χ2v) is 23.5. The van der Waals surface area contributed by atoms with Gasteiger partial charge in [0.15, 0.2) is 23.1 Å². The summed E-state index contributed by atoms with van der Waals surface area (Å²) in [6.45, 7) is 18.5. The quantitative estimate of drug-likeness (QED) is 0.0794. The number of hydrogen-bond acceptors (Lipinski definition) is 12. The molecule has 3 aliphatic heterocycles. The molecule has 14 unspecified atom stereocenters. The van der Waals surface area contributed by atoms with Crippen LogP contribution in [0.15, 0.2) is 68.3 Å². The van der Waals surface area contributed by atoms with Gasteiger partial charge in [-0.15, -0.1) is 0 Å². The maximum atomic E-state index is 15.0. The van der Waals surface area contributed by atoms with Crippen molar-refractivity contribution >= 4 is 29.1 Å². The first-order chi connectivity index (χ1) is 33.3. The number of ketones is 4. The van der Waals surface area contributed by atoms with Gasteiger partial charge in [0.2, 0.25) is 11.6 Å². The van der Waals surface area contributed by atoms with Crippen LogP contribution in [-0.4, -0.2) is 109 Å². The lowest BCUT2D eigenvalue weighted by atomic mass is 9.47. The van der Waals surface area contributed by atoms with E-state index < -0.39 is 53.8 Å². The molecule has 0 aromatic carbocycles. The van der Waals surface area contributed by atoms with Gasteiger partial charge in [-0.05, 0) is 139 Å². The van der Waals surface area contributed by atoms with Crippen molar-refractivity contribution in [3.63, 3.8) is 0 Å². The number of likely N-dealkylation sites (N-methyl/N-ethyl adjacent to an activating group) is 1. The molecule has 0 aromatic rings. The summed E-state index contributed by atoms with van der Waals surface area (Å²) >= 11 is 0. The van der Waals surface area contributed by atoms with E-state index in [1.165, 1.54) is 64.7 Å². The number of allylic oxidation sites excluding steroid dienone is 6. The number of hydrogen-bond donors (Lipinski definition) is 0. The number of ether oxygens (including phenoxy) is 4. The minimum Gasteiger partial charge on any atom is -0.492 e. The number of nitriles is 1. The smallest absolute Gasteiger partial charge is 0.333 e. The molecule has 3 saturated carbocycles. The fourth-order valence-corrected chi connectivity index (χ4v) is 16.3. The lowest BCUT2D eigenvalue weighted by Gasteiger charge is -2.62. The summed E-state index contributed by atoms with van der Waals surface area (Å²) in [5.74, 6) is 1.84. The van der Waals surface area contributed by atoms with Crippen molar-refractivity contribution < 1.29 is 42.9 Å². The van der Waals surface area contributed by atoms with E-state index in [1.807, 2.05) is 16.8 Å². The van der Waals surface area contributed by atoms with Gasteiger partial charge in [0.1, 0.15) is 18.8 Å². The summed E-state index contributed by atoms with van der Waals surface area (Å²) in [5.41, 5.74) is 3.35. The predicted molar refractivity (Wildman–Crippen MR) is 264 cm³/mol. The van der Waals surface area contributed by atoms with Crippen LogP contribution in [0.25, 0.3) is 0 Å². The lowest BCUT2D eigenvalue weighted by Crippen LogP contribution is -2.77. The van der Waals surface area contributed by atoms with Gasteiger partial charge in [-0.3, -0.25) is 29.0 Å². The fourth-order valence-electron chi connectivity index (χ4n) is 16.3. The molecule has 9 rings (SSSR count). The Morgan fingerprint density at radius 3 is 2.23 bits per heavy atom. The summed E-state index contributed by atoms with van der Waals surface area (Å²) in [6.07, 6.45) is 15.5. The maximum Gasteiger partial charge on any atom is 0.333 e. The maximum absolute atomic E-state index is 15.0. The van der Waals surface area contributed by atoms with E-state index in [2.05, 4.69) is 46.8 Å². The Labute approximate surface area is 416 Å². The molecule has 1 saturated heterocycles. The first-order valence-corrected chi connectivity index (χ1v) is 26.5. The molecule has 9 aliphatic rings. The van der Waals surface area contributed by atoms with Gasteiger partial charge in [0, 0.05) is 45.1 Å². The lowest BCUT2D eigenvalue weighted by molar-refractivity contribution is -0.152. The van der Waals surface area contributed by atoms with Crippen LogP contribution in [0, 0.1) is 57.7 Å². The Hall–Kier alpha value is -4.44. The molecule has 12 nitrogen and oxygen atoms in total. The van der Waals surface area contributed by atoms with E-state index in [9.17, 15) is 29.2 Å². The minimum absolute atomic E-state index is 0.00319. The zero-order valence-electron chi connectivity index (χ0n) is 43.9.